The number of amides is 1. The SMILES string of the molecule is Cc1cc(OCC(=O)NCC(C)N)ncn1. The van der Waals surface area contributed by atoms with Crippen molar-refractivity contribution in [1.29, 1.82) is 0 Å². The van der Waals surface area contributed by atoms with E-state index >= 15 is 0 Å². The van der Waals surface area contributed by atoms with E-state index in [0.29, 0.717) is 12.4 Å². The van der Waals surface area contributed by atoms with Crippen LogP contribution in [0, 0.1) is 6.92 Å². The molecule has 0 fully saturated rings. The van der Waals surface area contributed by atoms with Gasteiger partial charge < -0.3 is 15.8 Å². The van der Waals surface area contributed by atoms with Crippen molar-refractivity contribution < 1.29 is 9.53 Å². The van der Waals surface area contributed by atoms with Gasteiger partial charge in [0.15, 0.2) is 6.61 Å². The van der Waals surface area contributed by atoms with Gasteiger partial charge in [0.05, 0.1) is 0 Å². The van der Waals surface area contributed by atoms with Gasteiger partial charge in [-0.1, -0.05) is 0 Å². The van der Waals surface area contributed by atoms with Crippen LogP contribution in [0.25, 0.3) is 0 Å². The Kier molecular flexibility index (Phi) is 4.65. The van der Waals surface area contributed by atoms with Crippen molar-refractivity contribution in [3.8, 4) is 5.88 Å². The average molecular weight is 224 g/mol. The quantitative estimate of drug-likeness (QED) is 0.712. The molecule has 0 radical (unpaired) electrons. The molecule has 1 aromatic rings. The molecule has 0 spiro atoms. The first-order chi connectivity index (χ1) is 7.58. The highest BCUT2D eigenvalue weighted by Crippen LogP contribution is 2.04. The van der Waals surface area contributed by atoms with E-state index in [-0.39, 0.29) is 18.6 Å². The second-order valence-electron chi connectivity index (χ2n) is 3.57. The third-order valence-corrected chi connectivity index (χ3v) is 1.75. The highest BCUT2D eigenvalue weighted by Gasteiger charge is 2.04. The Labute approximate surface area is 94.2 Å². The third kappa shape index (κ3) is 4.70. The van der Waals surface area contributed by atoms with Gasteiger partial charge in [0.2, 0.25) is 5.88 Å². The van der Waals surface area contributed by atoms with Crippen LogP contribution in [0.3, 0.4) is 0 Å². The van der Waals surface area contributed by atoms with Gasteiger partial charge >= 0.3 is 0 Å². The number of nitrogens with one attached hydrogen (secondary N) is 1. The number of rotatable bonds is 5. The molecular formula is C10H16N4O2. The van der Waals surface area contributed by atoms with Gasteiger partial charge in [-0.3, -0.25) is 4.79 Å². The van der Waals surface area contributed by atoms with E-state index in [1.807, 2.05) is 13.8 Å². The fourth-order valence-electron chi connectivity index (χ4n) is 0.974. The molecule has 1 amide bonds. The number of carbonyl (C=O) groups excluding carboxylic acids is 1. The van der Waals surface area contributed by atoms with Crippen molar-refractivity contribution in [2.24, 2.45) is 5.73 Å². The zero-order chi connectivity index (χ0) is 12.0. The summed E-state index contributed by atoms with van der Waals surface area (Å²) < 4.78 is 5.18. The molecule has 1 rings (SSSR count). The molecule has 1 heterocycles. The fraction of sp³-hybridized carbons (Fsp3) is 0.500. The minimum Gasteiger partial charge on any atom is -0.467 e. The molecule has 6 nitrogen and oxygen atoms in total. The van der Waals surface area contributed by atoms with Crippen molar-refractivity contribution in [3.63, 3.8) is 0 Å². The minimum atomic E-state index is -0.214. The van der Waals surface area contributed by atoms with E-state index in [4.69, 9.17) is 10.5 Å². The van der Waals surface area contributed by atoms with Crippen LogP contribution in [0.15, 0.2) is 12.4 Å². The molecule has 88 valence electrons. The second kappa shape index (κ2) is 6.02. The van der Waals surface area contributed by atoms with Crippen LogP contribution >= 0.6 is 0 Å². The number of aromatic nitrogens is 2. The van der Waals surface area contributed by atoms with Crippen LogP contribution in [0.5, 0.6) is 5.88 Å². The number of hydrogen-bond donors (Lipinski definition) is 2. The molecule has 0 aromatic carbocycles. The predicted molar refractivity (Wildman–Crippen MR) is 58.9 cm³/mol. The summed E-state index contributed by atoms with van der Waals surface area (Å²) in [6.45, 7) is 4.01. The lowest BCUT2D eigenvalue weighted by molar-refractivity contribution is -0.123. The summed E-state index contributed by atoms with van der Waals surface area (Å²) in [5.74, 6) is 0.178. The van der Waals surface area contributed by atoms with Crippen molar-refractivity contribution in [2.75, 3.05) is 13.2 Å². The van der Waals surface area contributed by atoms with E-state index in [1.54, 1.807) is 6.07 Å². The number of nitrogens with zero attached hydrogens (tertiary/aromatic N) is 2. The molecule has 0 bridgehead atoms. The summed E-state index contributed by atoms with van der Waals surface area (Å²) in [5.41, 5.74) is 6.28. The van der Waals surface area contributed by atoms with Gasteiger partial charge in [0.1, 0.15) is 6.33 Å². The minimum absolute atomic E-state index is 0.0646. The van der Waals surface area contributed by atoms with Crippen molar-refractivity contribution in [3.05, 3.63) is 18.1 Å². The van der Waals surface area contributed by atoms with Crippen LogP contribution in [0.1, 0.15) is 12.6 Å². The normalized spacial score (nSPS) is 11.9. The zero-order valence-electron chi connectivity index (χ0n) is 9.43. The molecule has 6 heteroatoms. The molecule has 0 aliphatic heterocycles. The van der Waals surface area contributed by atoms with Gasteiger partial charge in [0, 0.05) is 24.3 Å². The van der Waals surface area contributed by atoms with Gasteiger partial charge in [-0.15, -0.1) is 0 Å². The monoisotopic (exact) mass is 224 g/mol. The summed E-state index contributed by atoms with van der Waals surface area (Å²) in [4.78, 5) is 19.1. The Morgan fingerprint density at radius 3 is 3.00 bits per heavy atom. The Morgan fingerprint density at radius 1 is 1.62 bits per heavy atom. The molecule has 16 heavy (non-hydrogen) atoms. The van der Waals surface area contributed by atoms with Gasteiger partial charge in [-0.05, 0) is 13.8 Å². The van der Waals surface area contributed by atoms with Crippen molar-refractivity contribution in [1.82, 2.24) is 15.3 Å². The van der Waals surface area contributed by atoms with Crippen LogP contribution in [-0.4, -0.2) is 35.1 Å². The largest absolute Gasteiger partial charge is 0.467 e. The molecule has 0 aliphatic carbocycles. The molecule has 1 atom stereocenters. The Bertz CT molecular complexity index is 354. The Hall–Kier alpha value is -1.69. The van der Waals surface area contributed by atoms with Crippen LogP contribution < -0.4 is 15.8 Å². The number of nitrogens with two attached hydrogens (primary N) is 1. The summed E-state index contributed by atoms with van der Waals surface area (Å²) in [5, 5.41) is 2.63. The lowest BCUT2D eigenvalue weighted by Crippen LogP contribution is -2.37. The van der Waals surface area contributed by atoms with E-state index in [0.717, 1.165) is 5.69 Å². The highest BCUT2D eigenvalue weighted by atomic mass is 16.5. The predicted octanol–water partition coefficient (Wildman–Crippen LogP) is -0.373. The summed E-state index contributed by atoms with van der Waals surface area (Å²) in [7, 11) is 0. The molecule has 1 aromatic heterocycles. The molecule has 3 N–H and O–H groups in total. The van der Waals surface area contributed by atoms with Crippen molar-refractivity contribution in [2.45, 2.75) is 19.9 Å². The first kappa shape index (κ1) is 12.4. The topological polar surface area (TPSA) is 90.1 Å². The van der Waals surface area contributed by atoms with Crippen molar-refractivity contribution >= 4 is 5.91 Å². The first-order valence-corrected chi connectivity index (χ1v) is 5.01. The Morgan fingerprint density at radius 2 is 2.38 bits per heavy atom. The van der Waals surface area contributed by atoms with E-state index in [9.17, 15) is 4.79 Å². The first-order valence-electron chi connectivity index (χ1n) is 5.01. The molecule has 0 aliphatic rings. The maximum absolute atomic E-state index is 11.3. The Balaban J connectivity index is 2.31. The van der Waals surface area contributed by atoms with Crippen LogP contribution in [0.4, 0.5) is 0 Å². The fourth-order valence-corrected chi connectivity index (χ4v) is 0.974. The van der Waals surface area contributed by atoms with Gasteiger partial charge in [0.25, 0.3) is 5.91 Å². The van der Waals surface area contributed by atoms with E-state index in [2.05, 4.69) is 15.3 Å². The lowest BCUT2D eigenvalue weighted by atomic mass is 10.3. The van der Waals surface area contributed by atoms with Gasteiger partial charge in [-0.2, -0.15) is 0 Å². The summed E-state index contributed by atoms with van der Waals surface area (Å²) in [6.07, 6.45) is 1.39. The molecule has 0 saturated carbocycles. The standard InChI is InChI=1S/C10H16N4O2/c1-7(11)4-12-9(15)5-16-10-3-8(2)13-6-14-10/h3,6-7H,4-5,11H2,1-2H3,(H,12,15). The number of hydrogen-bond acceptors (Lipinski definition) is 5. The number of carbonyl (C=O) groups is 1. The molecule has 0 saturated heterocycles. The maximum Gasteiger partial charge on any atom is 0.258 e. The summed E-state index contributed by atoms with van der Waals surface area (Å²) in [6, 6.07) is 1.60. The maximum atomic E-state index is 11.3. The number of aryl methyl sites for hydroxylation is 1. The third-order valence-electron chi connectivity index (χ3n) is 1.75. The van der Waals surface area contributed by atoms with E-state index in [1.165, 1.54) is 6.33 Å². The van der Waals surface area contributed by atoms with E-state index < -0.39 is 0 Å². The highest BCUT2D eigenvalue weighted by molar-refractivity contribution is 5.77. The zero-order valence-corrected chi connectivity index (χ0v) is 9.43. The van der Waals surface area contributed by atoms with Crippen LogP contribution in [-0.2, 0) is 4.79 Å². The second-order valence-corrected chi connectivity index (χ2v) is 3.57. The lowest BCUT2D eigenvalue weighted by Gasteiger charge is -2.08. The smallest absolute Gasteiger partial charge is 0.258 e. The van der Waals surface area contributed by atoms with Crippen LogP contribution in [0.2, 0.25) is 0 Å². The molecule has 1 unspecified atom stereocenters. The number of ether oxygens (including phenoxy) is 1. The van der Waals surface area contributed by atoms with Gasteiger partial charge in [-0.25, -0.2) is 9.97 Å². The average Bonchev–Trinajstić information content (AvgIpc) is 2.23. The molecular weight excluding hydrogens is 208 g/mol. The summed E-state index contributed by atoms with van der Waals surface area (Å²) >= 11 is 0.